The van der Waals surface area contributed by atoms with Crippen LogP contribution in [0.25, 0.3) is 6.08 Å². The number of carbonyl (C=O) groups excluding carboxylic acids is 1. The SMILES string of the molecule is CC(C)(C)Oc1ccc(/C=C2/Oc3ccc(Cl)cc3C2=O)cc1. The van der Waals surface area contributed by atoms with E-state index in [1.54, 1.807) is 24.3 Å². The third-order valence-electron chi connectivity index (χ3n) is 3.23. The van der Waals surface area contributed by atoms with E-state index in [1.165, 1.54) is 0 Å². The molecule has 118 valence electrons. The number of halogens is 1. The lowest BCUT2D eigenvalue weighted by atomic mass is 10.1. The highest BCUT2D eigenvalue weighted by atomic mass is 35.5. The van der Waals surface area contributed by atoms with E-state index in [0.717, 1.165) is 11.3 Å². The van der Waals surface area contributed by atoms with Crippen molar-refractivity contribution in [2.75, 3.05) is 0 Å². The number of carbonyl (C=O) groups is 1. The summed E-state index contributed by atoms with van der Waals surface area (Å²) in [6, 6.07) is 12.6. The zero-order chi connectivity index (χ0) is 16.6. The normalized spacial score (nSPS) is 15.5. The molecule has 0 radical (unpaired) electrons. The molecule has 0 saturated carbocycles. The first-order valence-corrected chi connectivity index (χ1v) is 7.72. The molecule has 3 rings (SSSR count). The zero-order valence-corrected chi connectivity index (χ0v) is 14.0. The van der Waals surface area contributed by atoms with E-state index < -0.39 is 0 Å². The fraction of sp³-hybridized carbons (Fsp3) is 0.211. The fourth-order valence-electron chi connectivity index (χ4n) is 2.30. The number of benzene rings is 2. The number of ether oxygens (including phenoxy) is 2. The summed E-state index contributed by atoms with van der Waals surface area (Å²) < 4.78 is 11.4. The van der Waals surface area contributed by atoms with Crippen LogP contribution >= 0.6 is 11.6 Å². The second kappa shape index (κ2) is 5.74. The molecular weight excluding hydrogens is 312 g/mol. The number of rotatable bonds is 2. The van der Waals surface area contributed by atoms with Crippen molar-refractivity contribution in [3.05, 3.63) is 64.4 Å². The van der Waals surface area contributed by atoms with Crippen molar-refractivity contribution in [2.24, 2.45) is 0 Å². The summed E-state index contributed by atoms with van der Waals surface area (Å²) in [4.78, 5) is 12.3. The largest absolute Gasteiger partial charge is 0.488 e. The van der Waals surface area contributed by atoms with Gasteiger partial charge in [-0.2, -0.15) is 0 Å². The molecule has 0 atom stereocenters. The first kappa shape index (κ1) is 15.6. The van der Waals surface area contributed by atoms with Crippen molar-refractivity contribution in [2.45, 2.75) is 26.4 Å². The minimum absolute atomic E-state index is 0.155. The van der Waals surface area contributed by atoms with Gasteiger partial charge in [0.2, 0.25) is 5.78 Å². The van der Waals surface area contributed by atoms with E-state index in [4.69, 9.17) is 21.1 Å². The Bertz CT molecular complexity index is 783. The first-order valence-electron chi connectivity index (χ1n) is 7.35. The monoisotopic (exact) mass is 328 g/mol. The molecule has 1 heterocycles. The van der Waals surface area contributed by atoms with Crippen LogP contribution in [0.4, 0.5) is 0 Å². The Kier molecular flexibility index (Phi) is 3.90. The van der Waals surface area contributed by atoms with Crippen LogP contribution in [0, 0.1) is 0 Å². The van der Waals surface area contributed by atoms with Gasteiger partial charge in [0.25, 0.3) is 0 Å². The van der Waals surface area contributed by atoms with Crippen LogP contribution in [-0.2, 0) is 0 Å². The van der Waals surface area contributed by atoms with Crippen molar-refractivity contribution in [1.29, 1.82) is 0 Å². The summed E-state index contributed by atoms with van der Waals surface area (Å²) >= 11 is 5.93. The highest BCUT2D eigenvalue weighted by Crippen LogP contribution is 2.33. The van der Waals surface area contributed by atoms with E-state index in [-0.39, 0.29) is 11.4 Å². The maximum Gasteiger partial charge on any atom is 0.232 e. The molecule has 0 N–H and O–H groups in total. The highest BCUT2D eigenvalue weighted by Gasteiger charge is 2.27. The van der Waals surface area contributed by atoms with Gasteiger partial charge in [0, 0.05) is 5.02 Å². The molecule has 0 amide bonds. The number of hydrogen-bond acceptors (Lipinski definition) is 3. The smallest absolute Gasteiger partial charge is 0.232 e. The van der Waals surface area contributed by atoms with Crippen molar-refractivity contribution >= 4 is 23.5 Å². The maximum absolute atomic E-state index is 12.3. The van der Waals surface area contributed by atoms with Crippen LogP contribution in [0.1, 0.15) is 36.7 Å². The Labute approximate surface area is 140 Å². The Hall–Kier alpha value is -2.26. The minimum Gasteiger partial charge on any atom is -0.488 e. The van der Waals surface area contributed by atoms with Crippen LogP contribution in [0.15, 0.2) is 48.2 Å². The van der Waals surface area contributed by atoms with Gasteiger partial charge in [-0.25, -0.2) is 0 Å². The molecule has 1 aliphatic heterocycles. The van der Waals surface area contributed by atoms with Gasteiger partial charge in [-0.05, 0) is 62.7 Å². The number of fused-ring (bicyclic) bond motifs is 1. The van der Waals surface area contributed by atoms with Gasteiger partial charge < -0.3 is 9.47 Å². The summed E-state index contributed by atoms with van der Waals surface area (Å²) in [5.41, 5.74) is 1.12. The first-order chi connectivity index (χ1) is 10.8. The third-order valence-corrected chi connectivity index (χ3v) is 3.47. The molecule has 0 fully saturated rings. The van der Waals surface area contributed by atoms with Gasteiger partial charge in [0.05, 0.1) is 5.56 Å². The lowest BCUT2D eigenvalue weighted by molar-refractivity contribution is 0.101. The Morgan fingerprint density at radius 3 is 2.43 bits per heavy atom. The van der Waals surface area contributed by atoms with Crippen molar-refractivity contribution in [3.8, 4) is 11.5 Å². The highest BCUT2D eigenvalue weighted by molar-refractivity contribution is 6.31. The van der Waals surface area contributed by atoms with Crippen LogP contribution in [0.2, 0.25) is 5.02 Å². The van der Waals surface area contributed by atoms with Crippen LogP contribution < -0.4 is 9.47 Å². The molecule has 2 aromatic rings. The maximum atomic E-state index is 12.3. The second-order valence-electron chi connectivity index (χ2n) is 6.36. The quantitative estimate of drug-likeness (QED) is 0.716. The van der Waals surface area contributed by atoms with E-state index >= 15 is 0 Å². The lowest BCUT2D eigenvalue weighted by Gasteiger charge is -2.21. The molecule has 3 nitrogen and oxygen atoms in total. The van der Waals surface area contributed by atoms with E-state index in [0.29, 0.717) is 22.1 Å². The van der Waals surface area contributed by atoms with Crippen LogP contribution in [0.5, 0.6) is 11.5 Å². The second-order valence-corrected chi connectivity index (χ2v) is 6.80. The van der Waals surface area contributed by atoms with Gasteiger partial charge in [0.15, 0.2) is 5.76 Å². The lowest BCUT2D eigenvalue weighted by Crippen LogP contribution is -2.22. The van der Waals surface area contributed by atoms with Gasteiger partial charge in [-0.15, -0.1) is 0 Å². The molecule has 0 spiro atoms. The molecule has 0 saturated heterocycles. The third kappa shape index (κ3) is 3.57. The molecule has 2 aromatic carbocycles. The number of hydrogen-bond donors (Lipinski definition) is 0. The molecule has 1 aliphatic rings. The number of ketones is 1. The topological polar surface area (TPSA) is 35.5 Å². The van der Waals surface area contributed by atoms with E-state index in [9.17, 15) is 4.79 Å². The standard InChI is InChI=1S/C19H17ClO3/c1-19(2,3)23-14-7-4-12(5-8-14)10-17-18(21)15-11-13(20)6-9-16(15)22-17/h4-11H,1-3H3/b17-10+. The van der Waals surface area contributed by atoms with Gasteiger partial charge >= 0.3 is 0 Å². The number of Topliss-reactive ketones (excluding diaryl/α,β-unsaturated/α-hetero) is 1. The molecular formula is C19H17ClO3. The van der Waals surface area contributed by atoms with E-state index in [1.807, 2.05) is 45.0 Å². The van der Waals surface area contributed by atoms with Crippen molar-refractivity contribution < 1.29 is 14.3 Å². The van der Waals surface area contributed by atoms with Gasteiger partial charge in [-0.1, -0.05) is 23.7 Å². The van der Waals surface area contributed by atoms with Crippen molar-refractivity contribution in [1.82, 2.24) is 0 Å². The predicted octanol–water partition coefficient (Wildman–Crippen LogP) is 5.13. The Morgan fingerprint density at radius 2 is 1.78 bits per heavy atom. The average Bonchev–Trinajstić information content (AvgIpc) is 2.76. The Balaban J connectivity index is 1.82. The molecule has 0 bridgehead atoms. The molecule has 0 aromatic heterocycles. The predicted molar refractivity (Wildman–Crippen MR) is 91.2 cm³/mol. The zero-order valence-electron chi connectivity index (χ0n) is 13.2. The Morgan fingerprint density at radius 1 is 1.09 bits per heavy atom. The summed E-state index contributed by atoms with van der Waals surface area (Å²) in [6.07, 6.45) is 1.72. The van der Waals surface area contributed by atoms with Crippen LogP contribution in [-0.4, -0.2) is 11.4 Å². The minimum atomic E-state index is -0.245. The molecule has 4 heteroatoms. The molecule has 23 heavy (non-hydrogen) atoms. The average molecular weight is 329 g/mol. The van der Waals surface area contributed by atoms with Crippen molar-refractivity contribution in [3.63, 3.8) is 0 Å². The summed E-state index contributed by atoms with van der Waals surface area (Å²) in [5, 5.41) is 0.519. The summed E-state index contributed by atoms with van der Waals surface area (Å²) in [7, 11) is 0. The van der Waals surface area contributed by atoms with Crippen LogP contribution in [0.3, 0.4) is 0 Å². The fourth-order valence-corrected chi connectivity index (χ4v) is 2.47. The van der Waals surface area contributed by atoms with E-state index in [2.05, 4.69) is 0 Å². The summed E-state index contributed by atoms with van der Waals surface area (Å²) in [5.74, 6) is 1.47. The number of allylic oxidation sites excluding steroid dienone is 1. The molecule has 0 aliphatic carbocycles. The summed E-state index contributed by atoms with van der Waals surface area (Å²) in [6.45, 7) is 5.99. The molecule has 0 unspecified atom stereocenters. The van der Waals surface area contributed by atoms with Gasteiger partial charge in [-0.3, -0.25) is 4.79 Å². The van der Waals surface area contributed by atoms with Gasteiger partial charge in [0.1, 0.15) is 17.1 Å².